The quantitative estimate of drug-likeness (QED) is 0.855. The standard InChI is InChI=1S/C17H19NO2S/c1-18-9-8-12-10-13(4-6-15(12)18)21-14-5-7-16(19-2)17(11-14)20-3/h4-7,10-11H,8-9H2,1-3H3. The molecule has 0 saturated carbocycles. The Morgan fingerprint density at radius 3 is 2.43 bits per heavy atom. The van der Waals surface area contributed by atoms with E-state index in [-0.39, 0.29) is 0 Å². The van der Waals surface area contributed by atoms with Crippen molar-refractivity contribution in [3.63, 3.8) is 0 Å². The maximum Gasteiger partial charge on any atom is 0.161 e. The van der Waals surface area contributed by atoms with Crippen LogP contribution in [0.1, 0.15) is 5.56 Å². The van der Waals surface area contributed by atoms with Crippen molar-refractivity contribution in [3.8, 4) is 11.5 Å². The van der Waals surface area contributed by atoms with E-state index < -0.39 is 0 Å². The number of benzene rings is 2. The number of hydrogen-bond donors (Lipinski definition) is 0. The molecule has 0 N–H and O–H groups in total. The fraction of sp³-hybridized carbons (Fsp3) is 0.294. The molecule has 0 unspecified atom stereocenters. The zero-order valence-corrected chi connectivity index (χ0v) is 13.4. The Balaban J connectivity index is 1.84. The minimum atomic E-state index is 0.762. The third-order valence-electron chi connectivity index (χ3n) is 3.77. The molecule has 1 aliphatic rings. The second-order valence-corrected chi connectivity index (χ2v) is 6.23. The number of ether oxygens (including phenoxy) is 2. The summed E-state index contributed by atoms with van der Waals surface area (Å²) in [5.74, 6) is 1.53. The first-order valence-electron chi connectivity index (χ1n) is 6.95. The average molecular weight is 301 g/mol. The highest BCUT2D eigenvalue weighted by Crippen LogP contribution is 2.37. The molecule has 0 atom stereocenters. The Kier molecular flexibility index (Phi) is 3.97. The molecule has 1 aliphatic heterocycles. The van der Waals surface area contributed by atoms with Crippen LogP contribution < -0.4 is 14.4 Å². The predicted octanol–water partition coefficient (Wildman–Crippen LogP) is 3.85. The molecular weight excluding hydrogens is 282 g/mol. The van der Waals surface area contributed by atoms with E-state index in [9.17, 15) is 0 Å². The lowest BCUT2D eigenvalue weighted by atomic mass is 10.2. The monoisotopic (exact) mass is 301 g/mol. The summed E-state index contributed by atoms with van der Waals surface area (Å²) in [6.07, 6.45) is 1.13. The van der Waals surface area contributed by atoms with Gasteiger partial charge in [0, 0.05) is 29.1 Å². The van der Waals surface area contributed by atoms with Crippen LogP contribution in [0.5, 0.6) is 11.5 Å². The highest BCUT2D eigenvalue weighted by atomic mass is 32.2. The molecular formula is C17H19NO2S. The number of methoxy groups -OCH3 is 2. The second kappa shape index (κ2) is 5.90. The van der Waals surface area contributed by atoms with Gasteiger partial charge in [0.2, 0.25) is 0 Å². The summed E-state index contributed by atoms with van der Waals surface area (Å²) in [4.78, 5) is 4.72. The van der Waals surface area contributed by atoms with Gasteiger partial charge in [0.1, 0.15) is 0 Å². The summed E-state index contributed by atoms with van der Waals surface area (Å²) in [7, 11) is 5.46. The van der Waals surface area contributed by atoms with E-state index in [2.05, 4.69) is 36.2 Å². The molecule has 0 spiro atoms. The van der Waals surface area contributed by atoms with Crippen molar-refractivity contribution in [3.05, 3.63) is 42.0 Å². The van der Waals surface area contributed by atoms with Crippen molar-refractivity contribution in [1.82, 2.24) is 0 Å². The summed E-state index contributed by atoms with van der Waals surface area (Å²) in [6.45, 7) is 1.11. The fourth-order valence-electron chi connectivity index (χ4n) is 2.62. The SMILES string of the molecule is COc1ccc(Sc2ccc3c(c2)CCN3C)cc1OC. The van der Waals surface area contributed by atoms with Crippen LogP contribution in [0.3, 0.4) is 0 Å². The van der Waals surface area contributed by atoms with Gasteiger partial charge < -0.3 is 14.4 Å². The van der Waals surface area contributed by atoms with Crippen LogP contribution in [-0.2, 0) is 6.42 Å². The van der Waals surface area contributed by atoms with Crippen molar-refractivity contribution in [2.24, 2.45) is 0 Å². The van der Waals surface area contributed by atoms with Crippen LogP contribution in [-0.4, -0.2) is 27.8 Å². The number of anilines is 1. The van der Waals surface area contributed by atoms with Crippen molar-refractivity contribution in [2.45, 2.75) is 16.2 Å². The van der Waals surface area contributed by atoms with Crippen molar-refractivity contribution < 1.29 is 9.47 Å². The van der Waals surface area contributed by atoms with E-state index in [1.54, 1.807) is 26.0 Å². The first-order chi connectivity index (χ1) is 10.2. The fourth-order valence-corrected chi connectivity index (χ4v) is 3.53. The van der Waals surface area contributed by atoms with Crippen LogP contribution >= 0.6 is 11.8 Å². The lowest BCUT2D eigenvalue weighted by Crippen LogP contribution is -2.12. The minimum absolute atomic E-state index is 0.762. The Morgan fingerprint density at radius 2 is 1.67 bits per heavy atom. The van der Waals surface area contributed by atoms with Gasteiger partial charge >= 0.3 is 0 Å². The molecule has 0 fully saturated rings. The smallest absolute Gasteiger partial charge is 0.161 e. The van der Waals surface area contributed by atoms with Crippen molar-refractivity contribution in [2.75, 3.05) is 32.7 Å². The molecule has 0 aliphatic carbocycles. The van der Waals surface area contributed by atoms with Crippen LogP contribution in [0.4, 0.5) is 5.69 Å². The van der Waals surface area contributed by atoms with Crippen LogP contribution in [0.15, 0.2) is 46.2 Å². The number of rotatable bonds is 4. The molecule has 110 valence electrons. The lowest BCUT2D eigenvalue weighted by Gasteiger charge is -2.12. The first kappa shape index (κ1) is 14.1. The predicted molar refractivity (Wildman–Crippen MR) is 87.1 cm³/mol. The molecule has 0 bridgehead atoms. The van der Waals surface area contributed by atoms with Gasteiger partial charge in [-0.25, -0.2) is 0 Å². The Hall–Kier alpha value is -1.81. The molecule has 3 nitrogen and oxygen atoms in total. The topological polar surface area (TPSA) is 21.7 Å². The Labute approximate surface area is 129 Å². The Morgan fingerprint density at radius 1 is 0.952 bits per heavy atom. The highest BCUT2D eigenvalue weighted by Gasteiger charge is 2.16. The molecule has 21 heavy (non-hydrogen) atoms. The minimum Gasteiger partial charge on any atom is -0.493 e. The van der Waals surface area contributed by atoms with Gasteiger partial charge in [-0.15, -0.1) is 0 Å². The van der Waals surface area contributed by atoms with Crippen molar-refractivity contribution in [1.29, 1.82) is 0 Å². The second-order valence-electron chi connectivity index (χ2n) is 5.08. The Bertz CT molecular complexity index is 648. The molecule has 4 heteroatoms. The number of hydrogen-bond acceptors (Lipinski definition) is 4. The molecule has 0 aromatic heterocycles. The molecule has 0 saturated heterocycles. The van der Waals surface area contributed by atoms with E-state index >= 15 is 0 Å². The molecule has 2 aromatic rings. The normalized spacial score (nSPS) is 13.2. The van der Waals surface area contributed by atoms with Gasteiger partial charge in [0.15, 0.2) is 11.5 Å². The van der Waals surface area contributed by atoms with E-state index in [1.807, 2.05) is 12.1 Å². The molecule has 1 heterocycles. The van der Waals surface area contributed by atoms with Crippen molar-refractivity contribution >= 4 is 17.4 Å². The van der Waals surface area contributed by atoms with Crippen LogP contribution in [0.2, 0.25) is 0 Å². The number of nitrogens with zero attached hydrogens (tertiary/aromatic N) is 1. The maximum atomic E-state index is 5.36. The van der Waals surface area contributed by atoms with Gasteiger partial charge in [0.25, 0.3) is 0 Å². The summed E-state index contributed by atoms with van der Waals surface area (Å²) in [5, 5.41) is 0. The maximum absolute atomic E-state index is 5.36. The molecule has 3 rings (SSSR count). The summed E-state index contributed by atoms with van der Waals surface area (Å²) < 4.78 is 10.6. The van der Waals surface area contributed by atoms with Gasteiger partial charge in [-0.2, -0.15) is 0 Å². The van der Waals surface area contributed by atoms with Gasteiger partial charge in [-0.05, 0) is 48.4 Å². The van der Waals surface area contributed by atoms with Gasteiger partial charge in [0.05, 0.1) is 14.2 Å². The highest BCUT2D eigenvalue weighted by molar-refractivity contribution is 7.99. The molecule has 0 radical (unpaired) electrons. The zero-order chi connectivity index (χ0) is 14.8. The average Bonchev–Trinajstić information content (AvgIpc) is 2.88. The van der Waals surface area contributed by atoms with E-state index in [0.717, 1.165) is 29.4 Å². The summed E-state index contributed by atoms with van der Waals surface area (Å²) in [5.41, 5.74) is 2.79. The van der Waals surface area contributed by atoms with Crippen LogP contribution in [0.25, 0.3) is 0 Å². The van der Waals surface area contributed by atoms with Gasteiger partial charge in [-0.1, -0.05) is 11.8 Å². The summed E-state index contributed by atoms with van der Waals surface area (Å²) >= 11 is 1.75. The molecule has 2 aromatic carbocycles. The third-order valence-corrected chi connectivity index (χ3v) is 4.75. The molecule has 0 amide bonds. The van der Waals surface area contributed by atoms with Crippen LogP contribution in [0, 0.1) is 0 Å². The van der Waals surface area contributed by atoms with E-state index in [1.165, 1.54) is 16.1 Å². The largest absolute Gasteiger partial charge is 0.493 e. The van der Waals surface area contributed by atoms with E-state index in [0.29, 0.717) is 0 Å². The van der Waals surface area contributed by atoms with E-state index in [4.69, 9.17) is 9.47 Å². The number of fused-ring (bicyclic) bond motifs is 1. The lowest BCUT2D eigenvalue weighted by molar-refractivity contribution is 0.354. The van der Waals surface area contributed by atoms with Gasteiger partial charge in [-0.3, -0.25) is 0 Å². The number of likely N-dealkylation sites (N-methyl/N-ethyl adjacent to an activating group) is 1. The first-order valence-corrected chi connectivity index (χ1v) is 7.77. The summed E-state index contributed by atoms with van der Waals surface area (Å²) in [6, 6.07) is 12.7. The third kappa shape index (κ3) is 2.81. The zero-order valence-electron chi connectivity index (χ0n) is 12.6.